The van der Waals surface area contributed by atoms with E-state index in [9.17, 15) is 9.18 Å². The van der Waals surface area contributed by atoms with Crippen molar-refractivity contribution in [2.45, 2.75) is 43.8 Å². The summed E-state index contributed by atoms with van der Waals surface area (Å²) in [5.74, 6) is -0.276. The highest BCUT2D eigenvalue weighted by atomic mass is 35.5. The van der Waals surface area contributed by atoms with E-state index in [-0.39, 0.29) is 23.6 Å². The zero-order valence-corrected chi connectivity index (χ0v) is 12.3. The number of benzene rings is 1. The predicted molar refractivity (Wildman–Crippen MR) is 78.0 cm³/mol. The molecule has 2 unspecified atom stereocenters. The van der Waals surface area contributed by atoms with Gasteiger partial charge in [0.2, 0.25) is 0 Å². The lowest BCUT2D eigenvalue weighted by molar-refractivity contribution is -0.124. The van der Waals surface area contributed by atoms with Crippen LogP contribution in [-0.2, 0) is 4.79 Å². The minimum absolute atomic E-state index is 0.107. The van der Waals surface area contributed by atoms with Gasteiger partial charge in [-0.3, -0.25) is 4.79 Å². The third-order valence-electron chi connectivity index (χ3n) is 4.09. The summed E-state index contributed by atoms with van der Waals surface area (Å²) in [6, 6.07) is 5.12. The van der Waals surface area contributed by atoms with E-state index >= 15 is 0 Å². The first-order valence-electron chi connectivity index (χ1n) is 7.23. The van der Waals surface area contributed by atoms with E-state index in [1.807, 2.05) is 0 Å². The average Bonchev–Trinajstić information content (AvgIpc) is 2.77. The van der Waals surface area contributed by atoms with E-state index in [4.69, 9.17) is 16.3 Å². The number of fused-ring (bicyclic) bond motifs is 2. The largest absolute Gasteiger partial charge is 0.482 e. The molecule has 0 aliphatic carbocycles. The zero-order valence-electron chi connectivity index (χ0n) is 11.6. The van der Waals surface area contributed by atoms with Crippen LogP contribution in [0.25, 0.3) is 0 Å². The molecule has 21 heavy (non-hydrogen) atoms. The second-order valence-electron chi connectivity index (χ2n) is 5.74. The van der Waals surface area contributed by atoms with Gasteiger partial charge < -0.3 is 15.4 Å². The molecule has 2 atom stereocenters. The van der Waals surface area contributed by atoms with Gasteiger partial charge >= 0.3 is 0 Å². The van der Waals surface area contributed by atoms with Gasteiger partial charge in [-0.05, 0) is 43.9 Å². The maximum absolute atomic E-state index is 12.9. The van der Waals surface area contributed by atoms with E-state index < -0.39 is 5.82 Å². The number of halogens is 2. The lowest BCUT2D eigenvalue weighted by atomic mass is 10.00. The third kappa shape index (κ3) is 3.66. The summed E-state index contributed by atoms with van der Waals surface area (Å²) in [5.41, 5.74) is 0. The molecule has 2 bridgehead atoms. The maximum atomic E-state index is 12.9. The average molecular weight is 313 g/mol. The molecule has 2 fully saturated rings. The van der Waals surface area contributed by atoms with Crippen LogP contribution in [0.3, 0.4) is 0 Å². The molecule has 0 radical (unpaired) electrons. The minimum Gasteiger partial charge on any atom is -0.482 e. The van der Waals surface area contributed by atoms with Crippen LogP contribution in [0.1, 0.15) is 25.7 Å². The summed E-state index contributed by atoms with van der Waals surface area (Å²) in [6.45, 7) is -0.107. The Balaban J connectivity index is 1.48. The molecule has 6 heteroatoms. The second-order valence-corrected chi connectivity index (χ2v) is 6.14. The Morgan fingerprint density at radius 1 is 1.38 bits per heavy atom. The predicted octanol–water partition coefficient (Wildman–Crippen LogP) is 2.26. The van der Waals surface area contributed by atoms with Crippen molar-refractivity contribution in [1.29, 1.82) is 0 Å². The Morgan fingerprint density at radius 3 is 2.76 bits per heavy atom. The third-order valence-corrected chi connectivity index (χ3v) is 4.39. The fourth-order valence-corrected chi connectivity index (χ4v) is 3.40. The number of rotatable bonds is 4. The molecular formula is C15H18ClFN2O2. The molecule has 2 N–H and O–H groups in total. The smallest absolute Gasteiger partial charge is 0.258 e. The highest BCUT2D eigenvalue weighted by molar-refractivity contribution is 6.32. The number of ether oxygens (including phenoxy) is 1. The van der Waals surface area contributed by atoms with Crippen molar-refractivity contribution < 1.29 is 13.9 Å². The highest BCUT2D eigenvalue weighted by Crippen LogP contribution is 2.27. The highest BCUT2D eigenvalue weighted by Gasteiger charge is 2.33. The topological polar surface area (TPSA) is 50.4 Å². The number of nitrogens with one attached hydrogen (secondary N) is 2. The van der Waals surface area contributed by atoms with Crippen LogP contribution in [0.4, 0.5) is 4.39 Å². The Morgan fingerprint density at radius 2 is 2.10 bits per heavy atom. The molecule has 4 nitrogen and oxygen atoms in total. The fraction of sp³-hybridized carbons (Fsp3) is 0.533. The maximum Gasteiger partial charge on any atom is 0.258 e. The number of carbonyl (C=O) groups excluding carboxylic acids is 1. The molecule has 0 saturated carbocycles. The monoisotopic (exact) mass is 312 g/mol. The van der Waals surface area contributed by atoms with Gasteiger partial charge in [0.25, 0.3) is 5.91 Å². The molecule has 2 saturated heterocycles. The van der Waals surface area contributed by atoms with E-state index in [0.29, 0.717) is 17.8 Å². The second kappa shape index (κ2) is 6.20. The van der Waals surface area contributed by atoms with Gasteiger partial charge in [0.1, 0.15) is 11.6 Å². The quantitative estimate of drug-likeness (QED) is 0.896. The Hall–Kier alpha value is -1.33. The van der Waals surface area contributed by atoms with Crippen molar-refractivity contribution >= 4 is 17.5 Å². The van der Waals surface area contributed by atoms with Crippen LogP contribution in [0.5, 0.6) is 5.75 Å². The Bertz CT molecular complexity index is 528. The van der Waals surface area contributed by atoms with Gasteiger partial charge in [0, 0.05) is 18.1 Å². The van der Waals surface area contributed by atoms with Gasteiger partial charge in [-0.2, -0.15) is 0 Å². The van der Waals surface area contributed by atoms with Gasteiger partial charge in [0.05, 0.1) is 5.02 Å². The number of hydrogen-bond acceptors (Lipinski definition) is 3. The summed E-state index contributed by atoms with van der Waals surface area (Å²) in [6.07, 6.45) is 4.33. The standard InChI is InChI=1S/C15H18ClFN2O2/c16-13-5-9(17)1-4-14(13)21-8-15(20)19-12-6-10-2-3-11(7-12)18-10/h1,4-5,10-12,18H,2-3,6-8H2,(H,19,20). The molecular weight excluding hydrogens is 295 g/mol. The van der Waals surface area contributed by atoms with Crippen LogP contribution < -0.4 is 15.4 Å². The number of amides is 1. The van der Waals surface area contributed by atoms with Gasteiger partial charge in [0.15, 0.2) is 6.61 Å². The van der Waals surface area contributed by atoms with Gasteiger partial charge in [-0.15, -0.1) is 0 Å². The summed E-state index contributed by atoms with van der Waals surface area (Å²) in [7, 11) is 0. The molecule has 2 aliphatic rings. The lowest BCUT2D eigenvalue weighted by Gasteiger charge is -2.29. The van der Waals surface area contributed by atoms with Crippen molar-refractivity contribution in [3.63, 3.8) is 0 Å². The minimum atomic E-state index is -0.429. The molecule has 0 aromatic heterocycles. The van der Waals surface area contributed by atoms with Crippen LogP contribution >= 0.6 is 11.6 Å². The molecule has 2 aliphatic heterocycles. The fourth-order valence-electron chi connectivity index (χ4n) is 3.18. The molecule has 1 amide bonds. The van der Waals surface area contributed by atoms with Gasteiger partial charge in [-0.1, -0.05) is 11.6 Å². The van der Waals surface area contributed by atoms with E-state index in [0.717, 1.165) is 12.8 Å². The first-order valence-corrected chi connectivity index (χ1v) is 7.61. The summed E-state index contributed by atoms with van der Waals surface area (Å²) in [4.78, 5) is 11.9. The summed E-state index contributed by atoms with van der Waals surface area (Å²) < 4.78 is 18.2. The van der Waals surface area contributed by atoms with Crippen molar-refractivity contribution in [3.8, 4) is 5.75 Å². The lowest BCUT2D eigenvalue weighted by Crippen LogP contribution is -2.48. The first-order chi connectivity index (χ1) is 10.1. The van der Waals surface area contributed by atoms with E-state index in [1.54, 1.807) is 0 Å². The molecule has 2 heterocycles. The number of piperidine rings is 1. The van der Waals surface area contributed by atoms with Crippen LogP contribution in [-0.4, -0.2) is 30.6 Å². The van der Waals surface area contributed by atoms with Crippen LogP contribution in [0.15, 0.2) is 18.2 Å². The molecule has 0 spiro atoms. The summed E-state index contributed by atoms with van der Waals surface area (Å²) >= 11 is 5.85. The first kappa shape index (κ1) is 14.6. The molecule has 1 aromatic rings. The Kier molecular flexibility index (Phi) is 4.31. The molecule has 3 rings (SSSR count). The van der Waals surface area contributed by atoms with Crippen molar-refractivity contribution in [1.82, 2.24) is 10.6 Å². The van der Waals surface area contributed by atoms with Crippen LogP contribution in [0, 0.1) is 5.82 Å². The molecule has 114 valence electrons. The van der Waals surface area contributed by atoms with Crippen molar-refractivity contribution in [2.75, 3.05) is 6.61 Å². The summed E-state index contributed by atoms with van der Waals surface area (Å²) in [5, 5.41) is 6.70. The normalized spacial score (nSPS) is 27.4. The van der Waals surface area contributed by atoms with Gasteiger partial charge in [-0.25, -0.2) is 4.39 Å². The number of carbonyl (C=O) groups is 1. The Labute approximate surface area is 128 Å². The molecule has 1 aromatic carbocycles. The van der Waals surface area contributed by atoms with Crippen molar-refractivity contribution in [2.24, 2.45) is 0 Å². The number of hydrogen-bond donors (Lipinski definition) is 2. The van der Waals surface area contributed by atoms with E-state index in [1.165, 1.54) is 31.0 Å². The SMILES string of the molecule is O=C(COc1ccc(F)cc1Cl)NC1CC2CCC(C1)N2. The van der Waals surface area contributed by atoms with Crippen LogP contribution in [0.2, 0.25) is 5.02 Å². The van der Waals surface area contributed by atoms with E-state index in [2.05, 4.69) is 10.6 Å². The zero-order chi connectivity index (χ0) is 14.8. The van der Waals surface area contributed by atoms with Crippen molar-refractivity contribution in [3.05, 3.63) is 29.0 Å².